The lowest BCUT2D eigenvalue weighted by Crippen LogP contribution is -2.48. The molecule has 0 radical (unpaired) electrons. The van der Waals surface area contributed by atoms with E-state index in [4.69, 9.17) is 0 Å². The first-order valence-electron chi connectivity index (χ1n) is 7.41. The molecule has 1 rings (SSSR count). The van der Waals surface area contributed by atoms with Crippen LogP contribution in [-0.2, 0) is 4.79 Å². The van der Waals surface area contributed by atoms with Crippen molar-refractivity contribution >= 4 is 18.3 Å². The molecule has 0 unspecified atom stereocenters. The predicted octanol–water partition coefficient (Wildman–Crippen LogP) is 1.79. The van der Waals surface area contributed by atoms with Gasteiger partial charge in [0, 0.05) is 44.7 Å². The van der Waals surface area contributed by atoms with Crippen molar-refractivity contribution in [2.45, 2.75) is 52.0 Å². The number of rotatable bonds is 7. The largest absolute Gasteiger partial charge is 0.340 e. The molecule has 0 aromatic rings. The number of carbonyl (C=O) groups is 1. The molecule has 0 bridgehead atoms. The summed E-state index contributed by atoms with van der Waals surface area (Å²) in [7, 11) is 0. The van der Waals surface area contributed by atoms with E-state index < -0.39 is 0 Å². The summed E-state index contributed by atoms with van der Waals surface area (Å²) in [6.45, 7) is 11.1. The monoisotopic (exact) mass is 291 g/mol. The molecule has 0 aromatic carbocycles. The molecular weight excluding hydrogens is 262 g/mol. The molecule has 1 heterocycles. The molecule has 1 fully saturated rings. The van der Waals surface area contributed by atoms with Crippen molar-refractivity contribution in [1.29, 1.82) is 0 Å². The normalized spacial score (nSPS) is 16.1. The summed E-state index contributed by atoms with van der Waals surface area (Å²) in [5.41, 5.74) is 0.226. The molecule has 1 aliphatic heterocycles. The molecule has 0 atom stereocenters. The molecule has 0 aromatic heterocycles. The molecule has 114 valence electrons. The van der Waals surface area contributed by atoms with Crippen LogP contribution in [0.15, 0.2) is 0 Å². The van der Waals surface area contributed by atoms with E-state index >= 15 is 0 Å². The number of hydrogen-bond donors (Lipinski definition) is 2. The summed E-state index contributed by atoms with van der Waals surface area (Å²) in [4.78, 5) is 14.0. The molecule has 4 nitrogen and oxygen atoms in total. The van der Waals surface area contributed by atoms with Crippen LogP contribution in [0.1, 0.15) is 46.5 Å². The molecule has 0 saturated carbocycles. The average Bonchev–Trinajstić information content (AvgIpc) is 2.45. The standard InChI is InChI=1S/C14H29N3O.ClH/c1-4-14(5-2,6-3)16-8-7-13(18)17-11-9-15-10-12-17;/h15-16H,4-12H2,1-3H3;1H. The van der Waals surface area contributed by atoms with Crippen molar-refractivity contribution in [3.05, 3.63) is 0 Å². The highest BCUT2D eigenvalue weighted by atomic mass is 35.5. The van der Waals surface area contributed by atoms with E-state index in [0.29, 0.717) is 12.3 Å². The number of nitrogens with zero attached hydrogens (tertiary/aromatic N) is 1. The lowest BCUT2D eigenvalue weighted by Gasteiger charge is -2.33. The van der Waals surface area contributed by atoms with Crippen LogP contribution < -0.4 is 10.6 Å². The molecule has 0 aliphatic carbocycles. The quantitative estimate of drug-likeness (QED) is 0.752. The molecule has 1 aliphatic rings. The second-order valence-electron chi connectivity index (χ2n) is 5.15. The summed E-state index contributed by atoms with van der Waals surface area (Å²) in [6, 6.07) is 0. The van der Waals surface area contributed by atoms with Gasteiger partial charge >= 0.3 is 0 Å². The smallest absolute Gasteiger partial charge is 0.223 e. The Hall–Kier alpha value is -0.320. The number of halogens is 1. The minimum Gasteiger partial charge on any atom is -0.340 e. The van der Waals surface area contributed by atoms with Crippen LogP contribution in [0, 0.1) is 0 Å². The van der Waals surface area contributed by atoms with Crippen molar-refractivity contribution in [2.24, 2.45) is 0 Å². The predicted molar refractivity (Wildman–Crippen MR) is 82.9 cm³/mol. The Bertz CT molecular complexity index is 243. The van der Waals surface area contributed by atoms with Gasteiger partial charge in [0.15, 0.2) is 0 Å². The van der Waals surface area contributed by atoms with Crippen LogP contribution in [0.25, 0.3) is 0 Å². The van der Waals surface area contributed by atoms with Crippen molar-refractivity contribution in [2.75, 3.05) is 32.7 Å². The van der Waals surface area contributed by atoms with Crippen LogP contribution in [0.5, 0.6) is 0 Å². The lowest BCUT2D eigenvalue weighted by molar-refractivity contribution is -0.131. The molecule has 2 N–H and O–H groups in total. The summed E-state index contributed by atoms with van der Waals surface area (Å²) in [5.74, 6) is 0.293. The van der Waals surface area contributed by atoms with Gasteiger partial charge in [0.05, 0.1) is 0 Å². The second kappa shape index (κ2) is 9.56. The third-order valence-corrected chi connectivity index (χ3v) is 4.34. The van der Waals surface area contributed by atoms with Gasteiger partial charge in [-0.15, -0.1) is 12.4 Å². The number of nitrogens with one attached hydrogen (secondary N) is 2. The third kappa shape index (κ3) is 5.67. The van der Waals surface area contributed by atoms with Crippen LogP contribution in [0.2, 0.25) is 0 Å². The summed E-state index contributed by atoms with van der Waals surface area (Å²) >= 11 is 0. The molecule has 0 spiro atoms. The number of piperazine rings is 1. The van der Waals surface area contributed by atoms with Gasteiger partial charge in [-0.2, -0.15) is 0 Å². The molecule has 1 saturated heterocycles. The topological polar surface area (TPSA) is 44.4 Å². The molecule has 5 heteroatoms. The summed E-state index contributed by atoms with van der Waals surface area (Å²) in [6.07, 6.45) is 4.01. The highest BCUT2D eigenvalue weighted by Crippen LogP contribution is 2.18. The average molecular weight is 292 g/mol. The maximum absolute atomic E-state index is 12.0. The highest BCUT2D eigenvalue weighted by Gasteiger charge is 2.23. The first-order valence-corrected chi connectivity index (χ1v) is 7.41. The van der Waals surface area contributed by atoms with Gasteiger partial charge in [-0.25, -0.2) is 0 Å². The second-order valence-corrected chi connectivity index (χ2v) is 5.15. The first-order chi connectivity index (χ1) is 8.67. The number of carbonyl (C=O) groups excluding carboxylic acids is 1. The van der Waals surface area contributed by atoms with Crippen molar-refractivity contribution < 1.29 is 4.79 Å². The van der Waals surface area contributed by atoms with Crippen molar-refractivity contribution in [1.82, 2.24) is 15.5 Å². The van der Waals surface area contributed by atoms with E-state index in [1.807, 2.05) is 4.90 Å². The highest BCUT2D eigenvalue weighted by molar-refractivity contribution is 5.85. The van der Waals surface area contributed by atoms with E-state index in [-0.39, 0.29) is 17.9 Å². The van der Waals surface area contributed by atoms with Crippen molar-refractivity contribution in [3.8, 4) is 0 Å². The van der Waals surface area contributed by atoms with Gasteiger partial charge in [-0.3, -0.25) is 4.79 Å². The van der Waals surface area contributed by atoms with E-state index in [0.717, 1.165) is 52.0 Å². The van der Waals surface area contributed by atoms with E-state index in [2.05, 4.69) is 31.4 Å². The third-order valence-electron chi connectivity index (χ3n) is 4.34. The minimum atomic E-state index is 0. The number of hydrogen-bond acceptors (Lipinski definition) is 3. The fourth-order valence-electron chi connectivity index (χ4n) is 2.63. The first kappa shape index (κ1) is 18.7. The van der Waals surface area contributed by atoms with Crippen LogP contribution in [0.4, 0.5) is 0 Å². The van der Waals surface area contributed by atoms with E-state index in [1.165, 1.54) is 0 Å². The molecule has 1 amide bonds. The minimum absolute atomic E-state index is 0. The fraction of sp³-hybridized carbons (Fsp3) is 0.929. The van der Waals surface area contributed by atoms with Gasteiger partial charge < -0.3 is 15.5 Å². The van der Waals surface area contributed by atoms with Gasteiger partial charge in [0.1, 0.15) is 0 Å². The van der Waals surface area contributed by atoms with Crippen LogP contribution in [0.3, 0.4) is 0 Å². The van der Waals surface area contributed by atoms with Crippen molar-refractivity contribution in [3.63, 3.8) is 0 Å². The van der Waals surface area contributed by atoms with Gasteiger partial charge in [0.2, 0.25) is 5.91 Å². The Morgan fingerprint density at radius 2 is 1.68 bits per heavy atom. The Kier molecular flexibility index (Phi) is 9.40. The van der Waals surface area contributed by atoms with Crippen LogP contribution in [-0.4, -0.2) is 49.1 Å². The molecule has 19 heavy (non-hydrogen) atoms. The van der Waals surface area contributed by atoms with Gasteiger partial charge in [-0.1, -0.05) is 20.8 Å². The Morgan fingerprint density at radius 3 is 2.16 bits per heavy atom. The summed E-state index contributed by atoms with van der Waals surface area (Å²) in [5, 5.41) is 6.86. The molecular formula is C14H30ClN3O. The van der Waals surface area contributed by atoms with Crippen LogP contribution >= 0.6 is 12.4 Å². The summed E-state index contributed by atoms with van der Waals surface area (Å²) < 4.78 is 0. The zero-order valence-electron chi connectivity index (χ0n) is 12.6. The lowest BCUT2D eigenvalue weighted by atomic mass is 9.90. The zero-order valence-corrected chi connectivity index (χ0v) is 13.4. The van der Waals surface area contributed by atoms with E-state index in [1.54, 1.807) is 0 Å². The fourth-order valence-corrected chi connectivity index (χ4v) is 2.63. The van der Waals surface area contributed by atoms with Gasteiger partial charge in [-0.05, 0) is 19.3 Å². The Labute approximate surface area is 124 Å². The SMILES string of the molecule is CCC(CC)(CC)NCCC(=O)N1CCNCC1.Cl. The Balaban J connectivity index is 0.00000324. The number of amides is 1. The van der Waals surface area contributed by atoms with E-state index in [9.17, 15) is 4.79 Å². The zero-order chi connectivity index (χ0) is 13.4. The van der Waals surface area contributed by atoms with Gasteiger partial charge in [0.25, 0.3) is 0 Å². The Morgan fingerprint density at radius 1 is 1.16 bits per heavy atom. The maximum Gasteiger partial charge on any atom is 0.223 e. The maximum atomic E-state index is 12.0.